The van der Waals surface area contributed by atoms with Crippen LogP contribution in [0.25, 0.3) is 6.08 Å². The lowest BCUT2D eigenvalue weighted by Crippen LogP contribution is -1.89. The van der Waals surface area contributed by atoms with Crippen LogP contribution in [0.3, 0.4) is 0 Å². The molecular weight excluding hydrogens is 299 g/mol. The zero-order valence-electron chi connectivity index (χ0n) is 10.3. The first-order chi connectivity index (χ1) is 9.10. The average molecular weight is 311 g/mol. The molecule has 0 aliphatic heterocycles. The second-order valence-corrected chi connectivity index (χ2v) is 5.99. The molecule has 1 aromatic carbocycles. The summed E-state index contributed by atoms with van der Waals surface area (Å²) >= 11 is 13.4. The second kappa shape index (κ2) is 6.38. The summed E-state index contributed by atoms with van der Waals surface area (Å²) in [4.78, 5) is 13.9. The van der Waals surface area contributed by atoms with Gasteiger partial charge in [0.05, 0.1) is 4.88 Å². The molecule has 19 heavy (non-hydrogen) atoms. The predicted molar refractivity (Wildman–Crippen MR) is 83.5 cm³/mol. The molecule has 0 fully saturated rings. The van der Waals surface area contributed by atoms with Gasteiger partial charge in [-0.2, -0.15) is 0 Å². The molecule has 0 aliphatic rings. The van der Waals surface area contributed by atoms with E-state index in [2.05, 4.69) is 6.92 Å². The molecule has 2 aromatic rings. The standard InChI is InChI=1S/C15H12Cl2OS/c1-2-12-6-8-15(19-12)14(18)7-4-10-3-5-11(16)9-13(10)17/h3-9H,2H2,1H3/b7-4+. The van der Waals surface area contributed by atoms with Gasteiger partial charge in [0.2, 0.25) is 0 Å². The van der Waals surface area contributed by atoms with Crippen molar-refractivity contribution < 1.29 is 4.79 Å². The molecule has 4 heteroatoms. The van der Waals surface area contributed by atoms with E-state index in [1.807, 2.05) is 12.1 Å². The summed E-state index contributed by atoms with van der Waals surface area (Å²) < 4.78 is 0. The minimum absolute atomic E-state index is 0.00397. The van der Waals surface area contributed by atoms with Crippen molar-refractivity contribution in [3.05, 3.63) is 61.8 Å². The summed E-state index contributed by atoms with van der Waals surface area (Å²) in [6, 6.07) is 9.05. The highest BCUT2D eigenvalue weighted by molar-refractivity contribution is 7.14. The Morgan fingerprint density at radius 2 is 2.05 bits per heavy atom. The molecule has 1 nitrogen and oxygen atoms in total. The van der Waals surface area contributed by atoms with Crippen LogP contribution in [0.15, 0.2) is 36.4 Å². The van der Waals surface area contributed by atoms with Crippen molar-refractivity contribution in [2.75, 3.05) is 0 Å². The molecule has 1 aromatic heterocycles. The van der Waals surface area contributed by atoms with Gasteiger partial charge in [0.25, 0.3) is 0 Å². The Labute approximate surface area is 126 Å². The van der Waals surface area contributed by atoms with E-state index < -0.39 is 0 Å². The summed E-state index contributed by atoms with van der Waals surface area (Å²) in [6.45, 7) is 2.07. The molecule has 0 atom stereocenters. The van der Waals surface area contributed by atoms with Gasteiger partial charge in [-0.05, 0) is 48.4 Å². The molecule has 98 valence electrons. The lowest BCUT2D eigenvalue weighted by molar-refractivity contribution is 0.105. The first kappa shape index (κ1) is 14.3. The Morgan fingerprint density at radius 3 is 2.68 bits per heavy atom. The van der Waals surface area contributed by atoms with E-state index in [1.165, 1.54) is 16.2 Å². The van der Waals surface area contributed by atoms with Crippen molar-refractivity contribution in [2.45, 2.75) is 13.3 Å². The molecular formula is C15H12Cl2OS. The maximum atomic E-state index is 12.0. The molecule has 0 spiro atoms. The molecule has 0 saturated carbocycles. The van der Waals surface area contributed by atoms with Gasteiger partial charge in [-0.3, -0.25) is 4.79 Å². The van der Waals surface area contributed by atoms with Crippen molar-refractivity contribution in [1.29, 1.82) is 0 Å². The van der Waals surface area contributed by atoms with Gasteiger partial charge in [0, 0.05) is 14.9 Å². The van der Waals surface area contributed by atoms with Crippen LogP contribution in [0.2, 0.25) is 10.0 Å². The van der Waals surface area contributed by atoms with Crippen LogP contribution in [0.4, 0.5) is 0 Å². The monoisotopic (exact) mass is 310 g/mol. The second-order valence-electron chi connectivity index (χ2n) is 3.98. The van der Waals surface area contributed by atoms with Gasteiger partial charge in [-0.15, -0.1) is 11.3 Å². The fourth-order valence-electron chi connectivity index (χ4n) is 1.58. The molecule has 2 rings (SSSR count). The molecule has 1 heterocycles. The number of rotatable bonds is 4. The highest BCUT2D eigenvalue weighted by Crippen LogP contribution is 2.23. The van der Waals surface area contributed by atoms with Gasteiger partial charge in [0.15, 0.2) is 5.78 Å². The van der Waals surface area contributed by atoms with Crippen LogP contribution in [-0.2, 0) is 6.42 Å². The van der Waals surface area contributed by atoms with Crippen molar-refractivity contribution in [1.82, 2.24) is 0 Å². The molecule has 0 unspecified atom stereocenters. The zero-order chi connectivity index (χ0) is 13.8. The van der Waals surface area contributed by atoms with Crippen LogP contribution >= 0.6 is 34.5 Å². The number of hydrogen-bond acceptors (Lipinski definition) is 2. The fraction of sp³-hybridized carbons (Fsp3) is 0.133. The molecule has 0 aliphatic carbocycles. The van der Waals surface area contributed by atoms with Gasteiger partial charge >= 0.3 is 0 Å². The van der Waals surface area contributed by atoms with Crippen molar-refractivity contribution in [3.8, 4) is 0 Å². The normalized spacial score (nSPS) is 11.1. The van der Waals surface area contributed by atoms with E-state index in [9.17, 15) is 4.79 Å². The SMILES string of the molecule is CCc1ccc(C(=O)/C=C/c2ccc(Cl)cc2Cl)s1. The molecule has 0 bridgehead atoms. The van der Waals surface area contributed by atoms with E-state index in [0.717, 1.165) is 16.9 Å². The van der Waals surface area contributed by atoms with Gasteiger partial charge in [-0.25, -0.2) is 0 Å². The predicted octanol–water partition coefficient (Wildman–Crippen LogP) is 5.51. The number of carbonyl (C=O) groups is 1. The van der Waals surface area contributed by atoms with Crippen molar-refractivity contribution in [3.63, 3.8) is 0 Å². The number of aryl methyl sites for hydroxylation is 1. The molecule has 0 radical (unpaired) electrons. The first-order valence-corrected chi connectivity index (χ1v) is 7.43. The summed E-state index contributed by atoms with van der Waals surface area (Å²) in [5.41, 5.74) is 0.784. The van der Waals surface area contributed by atoms with Crippen LogP contribution in [0, 0.1) is 0 Å². The lowest BCUT2D eigenvalue weighted by Gasteiger charge is -1.98. The molecule has 0 amide bonds. The number of carbonyl (C=O) groups excluding carboxylic acids is 1. The largest absolute Gasteiger partial charge is 0.288 e. The third kappa shape index (κ3) is 3.69. The third-order valence-corrected chi connectivity index (χ3v) is 4.44. The van der Waals surface area contributed by atoms with E-state index >= 15 is 0 Å². The van der Waals surface area contributed by atoms with Crippen LogP contribution in [-0.4, -0.2) is 5.78 Å². The van der Waals surface area contributed by atoms with Crippen molar-refractivity contribution in [2.24, 2.45) is 0 Å². The Kier molecular flexibility index (Phi) is 4.81. The zero-order valence-corrected chi connectivity index (χ0v) is 12.6. The molecule has 0 saturated heterocycles. The minimum Gasteiger partial charge on any atom is -0.288 e. The van der Waals surface area contributed by atoms with Gasteiger partial charge < -0.3 is 0 Å². The number of ketones is 1. The first-order valence-electron chi connectivity index (χ1n) is 5.86. The van der Waals surface area contributed by atoms with Crippen LogP contribution in [0.5, 0.6) is 0 Å². The van der Waals surface area contributed by atoms with Gasteiger partial charge in [0.1, 0.15) is 0 Å². The van der Waals surface area contributed by atoms with E-state index in [-0.39, 0.29) is 5.78 Å². The number of halogens is 2. The van der Waals surface area contributed by atoms with E-state index in [4.69, 9.17) is 23.2 Å². The number of allylic oxidation sites excluding steroid dienone is 1. The topological polar surface area (TPSA) is 17.1 Å². The minimum atomic E-state index is -0.00397. The fourth-order valence-corrected chi connectivity index (χ4v) is 2.92. The number of hydrogen-bond donors (Lipinski definition) is 0. The summed E-state index contributed by atoms with van der Waals surface area (Å²) in [6.07, 6.45) is 4.21. The van der Waals surface area contributed by atoms with E-state index in [0.29, 0.717) is 10.0 Å². The van der Waals surface area contributed by atoms with Crippen LogP contribution < -0.4 is 0 Å². The third-order valence-electron chi connectivity index (χ3n) is 2.63. The average Bonchev–Trinajstić information content (AvgIpc) is 2.86. The van der Waals surface area contributed by atoms with E-state index in [1.54, 1.807) is 30.4 Å². The number of benzene rings is 1. The quantitative estimate of drug-likeness (QED) is 0.537. The Balaban J connectivity index is 2.15. The van der Waals surface area contributed by atoms with Gasteiger partial charge in [-0.1, -0.05) is 36.2 Å². The maximum absolute atomic E-state index is 12.0. The Morgan fingerprint density at radius 1 is 1.26 bits per heavy atom. The summed E-state index contributed by atoms with van der Waals surface area (Å²) in [5, 5.41) is 1.12. The lowest BCUT2D eigenvalue weighted by atomic mass is 10.2. The van der Waals surface area contributed by atoms with Crippen molar-refractivity contribution >= 4 is 46.4 Å². The summed E-state index contributed by atoms with van der Waals surface area (Å²) in [7, 11) is 0. The Bertz CT molecular complexity index is 629. The maximum Gasteiger partial charge on any atom is 0.195 e. The highest BCUT2D eigenvalue weighted by Gasteiger charge is 2.05. The summed E-state index contributed by atoms with van der Waals surface area (Å²) in [5.74, 6) is -0.00397. The Hall–Kier alpha value is -1.09. The molecule has 0 N–H and O–H groups in total. The number of thiophene rings is 1. The smallest absolute Gasteiger partial charge is 0.195 e. The van der Waals surface area contributed by atoms with Crippen LogP contribution in [0.1, 0.15) is 27.0 Å². The highest BCUT2D eigenvalue weighted by atomic mass is 35.5.